The van der Waals surface area contributed by atoms with Gasteiger partial charge in [-0.3, -0.25) is 4.90 Å². The molecule has 2 atom stereocenters. The average molecular weight is 340 g/mol. The van der Waals surface area contributed by atoms with E-state index in [1.54, 1.807) is 13.3 Å². The molecule has 0 spiro atoms. The normalized spacial score (nSPS) is 29.4. The van der Waals surface area contributed by atoms with Gasteiger partial charge in [-0.2, -0.15) is 0 Å². The summed E-state index contributed by atoms with van der Waals surface area (Å²) in [6, 6.07) is 14.7. The fourth-order valence-electron chi connectivity index (χ4n) is 4.11. The summed E-state index contributed by atoms with van der Waals surface area (Å²) >= 11 is 0. The first-order valence-electron chi connectivity index (χ1n) is 8.78. The van der Waals surface area contributed by atoms with Crippen LogP contribution in [0, 0.1) is 0 Å². The molecule has 2 fully saturated rings. The lowest BCUT2D eigenvalue weighted by Gasteiger charge is -2.51. The maximum absolute atomic E-state index is 11.3. The van der Waals surface area contributed by atoms with E-state index in [0.717, 1.165) is 12.1 Å². The van der Waals surface area contributed by atoms with Crippen LogP contribution in [0.4, 0.5) is 0 Å². The Bertz CT molecular complexity index is 691. The first kappa shape index (κ1) is 16.5. The fourth-order valence-corrected chi connectivity index (χ4v) is 4.11. The Hall–Kier alpha value is -1.95. The second kappa shape index (κ2) is 6.75. The van der Waals surface area contributed by atoms with E-state index < -0.39 is 5.60 Å². The van der Waals surface area contributed by atoms with Gasteiger partial charge in [-0.15, -0.1) is 0 Å². The Morgan fingerprint density at radius 1 is 1.16 bits per heavy atom. The van der Waals surface area contributed by atoms with E-state index in [9.17, 15) is 5.11 Å². The lowest BCUT2D eigenvalue weighted by atomic mass is 9.77. The van der Waals surface area contributed by atoms with Crippen LogP contribution in [0.5, 0.6) is 5.88 Å². The number of benzene rings is 1. The molecule has 2 aliphatic rings. The van der Waals surface area contributed by atoms with Crippen molar-refractivity contribution in [2.24, 2.45) is 0 Å². The minimum atomic E-state index is -0.856. The van der Waals surface area contributed by atoms with Crippen molar-refractivity contribution in [3.05, 3.63) is 59.8 Å². The quantitative estimate of drug-likeness (QED) is 0.926. The molecule has 25 heavy (non-hydrogen) atoms. The Kier molecular flexibility index (Phi) is 4.46. The summed E-state index contributed by atoms with van der Waals surface area (Å²) in [6.45, 7) is 2.22. The first-order chi connectivity index (χ1) is 12.2. The molecular formula is C20H24N2O3. The van der Waals surface area contributed by atoms with Gasteiger partial charge in [0.25, 0.3) is 0 Å². The van der Waals surface area contributed by atoms with Gasteiger partial charge in [0.15, 0.2) is 0 Å². The molecule has 2 bridgehead atoms. The fraction of sp³-hybridized carbons (Fsp3) is 0.450. The highest BCUT2D eigenvalue weighted by molar-refractivity contribution is 5.26. The van der Waals surface area contributed by atoms with Crippen LogP contribution >= 0.6 is 0 Å². The largest absolute Gasteiger partial charge is 0.481 e. The van der Waals surface area contributed by atoms with Crippen molar-refractivity contribution in [2.45, 2.75) is 37.1 Å². The number of rotatable bonds is 4. The van der Waals surface area contributed by atoms with E-state index in [1.807, 2.05) is 18.2 Å². The molecule has 132 valence electrons. The topological polar surface area (TPSA) is 54.8 Å². The second-order valence-electron chi connectivity index (χ2n) is 7.03. The van der Waals surface area contributed by atoms with Crippen LogP contribution in [0.3, 0.4) is 0 Å². The molecule has 0 radical (unpaired) electrons. The summed E-state index contributed by atoms with van der Waals surface area (Å²) in [6.07, 6.45) is 3.05. The third kappa shape index (κ3) is 3.27. The van der Waals surface area contributed by atoms with Crippen molar-refractivity contribution >= 4 is 0 Å². The number of aliphatic hydroxyl groups is 1. The molecular weight excluding hydrogens is 316 g/mol. The third-order valence-electron chi connectivity index (χ3n) is 5.40. The molecule has 0 saturated carbocycles. The van der Waals surface area contributed by atoms with Gasteiger partial charge in [0, 0.05) is 36.5 Å². The number of morpholine rings is 1. The standard InChI is InChI=1S/C20H24N2O3/c1-24-19-8-7-16(11-21-19)20(23)9-17-13-25-14-18(10-20)22(17)12-15-5-3-2-4-6-15/h2-8,11,17-18,23H,9-10,12-14H2,1H3. The van der Waals surface area contributed by atoms with Gasteiger partial charge in [-0.1, -0.05) is 30.3 Å². The van der Waals surface area contributed by atoms with Crippen molar-refractivity contribution in [1.29, 1.82) is 0 Å². The molecule has 2 unspecified atom stereocenters. The van der Waals surface area contributed by atoms with Gasteiger partial charge in [-0.05, 0) is 24.5 Å². The Morgan fingerprint density at radius 3 is 2.48 bits per heavy atom. The van der Waals surface area contributed by atoms with Crippen molar-refractivity contribution in [3.63, 3.8) is 0 Å². The molecule has 0 aliphatic carbocycles. The van der Waals surface area contributed by atoms with Crippen molar-refractivity contribution < 1.29 is 14.6 Å². The number of piperidine rings is 1. The van der Waals surface area contributed by atoms with Crippen LogP contribution in [0.2, 0.25) is 0 Å². The predicted molar refractivity (Wildman–Crippen MR) is 94.3 cm³/mol. The molecule has 0 amide bonds. The summed E-state index contributed by atoms with van der Waals surface area (Å²) in [7, 11) is 1.60. The highest BCUT2D eigenvalue weighted by Crippen LogP contribution is 2.41. The van der Waals surface area contributed by atoms with Crippen LogP contribution in [-0.4, -0.2) is 47.4 Å². The van der Waals surface area contributed by atoms with Crippen LogP contribution in [0.25, 0.3) is 0 Å². The number of nitrogens with zero attached hydrogens (tertiary/aromatic N) is 2. The number of aromatic nitrogens is 1. The van der Waals surface area contributed by atoms with Gasteiger partial charge in [0.05, 0.1) is 25.9 Å². The summed E-state index contributed by atoms with van der Waals surface area (Å²) in [5, 5.41) is 11.3. The number of pyridine rings is 1. The van der Waals surface area contributed by atoms with E-state index in [1.165, 1.54) is 5.56 Å². The third-order valence-corrected chi connectivity index (χ3v) is 5.40. The van der Waals surface area contributed by atoms with E-state index in [2.05, 4.69) is 34.1 Å². The van der Waals surface area contributed by atoms with E-state index in [0.29, 0.717) is 31.9 Å². The van der Waals surface area contributed by atoms with E-state index >= 15 is 0 Å². The van der Waals surface area contributed by atoms with Gasteiger partial charge >= 0.3 is 0 Å². The molecule has 1 aromatic carbocycles. The van der Waals surface area contributed by atoms with Crippen molar-refractivity contribution in [3.8, 4) is 5.88 Å². The molecule has 5 nitrogen and oxygen atoms in total. The maximum atomic E-state index is 11.3. The molecule has 2 aliphatic heterocycles. The van der Waals surface area contributed by atoms with Gasteiger partial charge in [-0.25, -0.2) is 4.98 Å². The summed E-state index contributed by atoms with van der Waals surface area (Å²) in [4.78, 5) is 6.76. The van der Waals surface area contributed by atoms with E-state index in [4.69, 9.17) is 9.47 Å². The minimum Gasteiger partial charge on any atom is -0.481 e. The zero-order valence-electron chi connectivity index (χ0n) is 14.5. The molecule has 2 aromatic rings. The highest BCUT2D eigenvalue weighted by Gasteiger charge is 2.47. The lowest BCUT2D eigenvalue weighted by Crippen LogP contribution is -2.60. The molecule has 4 rings (SSSR count). The minimum absolute atomic E-state index is 0.208. The molecule has 1 N–H and O–H groups in total. The zero-order chi connectivity index (χ0) is 17.3. The van der Waals surface area contributed by atoms with Gasteiger partial charge in [0.1, 0.15) is 0 Å². The summed E-state index contributed by atoms with van der Waals surface area (Å²) < 4.78 is 10.9. The van der Waals surface area contributed by atoms with Crippen molar-refractivity contribution in [1.82, 2.24) is 9.88 Å². The average Bonchev–Trinajstić information content (AvgIpc) is 2.64. The Morgan fingerprint density at radius 2 is 1.88 bits per heavy atom. The predicted octanol–water partition coefficient (Wildman–Crippen LogP) is 2.34. The zero-order valence-corrected chi connectivity index (χ0v) is 14.5. The maximum Gasteiger partial charge on any atom is 0.212 e. The van der Waals surface area contributed by atoms with Crippen LogP contribution in [-0.2, 0) is 16.9 Å². The van der Waals surface area contributed by atoms with Crippen molar-refractivity contribution in [2.75, 3.05) is 20.3 Å². The first-order valence-corrected chi connectivity index (χ1v) is 8.78. The number of hydrogen-bond donors (Lipinski definition) is 1. The highest BCUT2D eigenvalue weighted by atomic mass is 16.5. The van der Waals surface area contributed by atoms with Crippen LogP contribution in [0.15, 0.2) is 48.7 Å². The molecule has 1 aromatic heterocycles. The van der Waals surface area contributed by atoms with Gasteiger partial charge < -0.3 is 14.6 Å². The smallest absolute Gasteiger partial charge is 0.212 e. The Balaban J connectivity index is 1.55. The SMILES string of the molecule is COc1ccc(C2(O)CC3COCC(C2)N3Cc2ccccc2)cn1. The van der Waals surface area contributed by atoms with E-state index in [-0.39, 0.29) is 12.1 Å². The number of ether oxygens (including phenoxy) is 2. The molecule has 5 heteroatoms. The molecule has 2 saturated heterocycles. The Labute approximate surface area is 148 Å². The molecule has 3 heterocycles. The summed E-state index contributed by atoms with van der Waals surface area (Å²) in [5.41, 5.74) is 1.31. The number of fused-ring (bicyclic) bond motifs is 2. The monoisotopic (exact) mass is 340 g/mol. The number of hydrogen-bond acceptors (Lipinski definition) is 5. The number of methoxy groups -OCH3 is 1. The lowest BCUT2D eigenvalue weighted by molar-refractivity contribution is -0.149. The van der Waals surface area contributed by atoms with Gasteiger partial charge in [0.2, 0.25) is 5.88 Å². The summed E-state index contributed by atoms with van der Waals surface area (Å²) in [5.74, 6) is 0.567. The van der Waals surface area contributed by atoms with Crippen LogP contribution in [0.1, 0.15) is 24.0 Å². The van der Waals surface area contributed by atoms with Crippen LogP contribution < -0.4 is 4.74 Å². The second-order valence-corrected chi connectivity index (χ2v) is 7.03.